The van der Waals surface area contributed by atoms with Gasteiger partial charge in [-0.25, -0.2) is 0 Å². The molecular weight excluding hydrogens is 621 g/mol. The molecule has 0 aliphatic heterocycles. The van der Waals surface area contributed by atoms with Gasteiger partial charge in [-0.15, -0.1) is 0 Å². The van der Waals surface area contributed by atoms with Gasteiger partial charge in [0, 0.05) is 13.0 Å². The maximum atomic E-state index is 12.5. The number of hydrogen-bond acceptors (Lipinski definition) is 2. The van der Waals surface area contributed by atoms with Gasteiger partial charge in [0.15, 0.2) is 0 Å². The summed E-state index contributed by atoms with van der Waals surface area (Å²) in [5, 5.41) is 3.27. The van der Waals surface area contributed by atoms with Crippen LogP contribution in [0.5, 0.6) is 0 Å². The zero-order chi connectivity index (χ0) is 37.8. The van der Waals surface area contributed by atoms with E-state index in [9.17, 15) is 4.79 Å². The third-order valence-corrected chi connectivity index (χ3v) is 12.8. The van der Waals surface area contributed by atoms with Gasteiger partial charge in [0.1, 0.15) is 0 Å². The molecule has 1 N–H and O–H groups in total. The Hall–Kier alpha value is -0.570. The molecule has 0 rings (SSSR count). The molecule has 0 saturated carbocycles. The Bertz CT molecular complexity index is 675. The van der Waals surface area contributed by atoms with Crippen LogP contribution in [0.25, 0.3) is 0 Å². The highest BCUT2D eigenvalue weighted by molar-refractivity contribution is 5.75. The summed E-state index contributed by atoms with van der Waals surface area (Å²) in [4.78, 5) is 14.6. The lowest BCUT2D eigenvalue weighted by Gasteiger charge is -2.35. The summed E-state index contributed by atoms with van der Waals surface area (Å²) in [6.07, 6.45) is 44.8. The van der Waals surface area contributed by atoms with Gasteiger partial charge in [-0.2, -0.15) is 0 Å². The number of carbonyl (C=O) groups excluding carboxylic acids is 1. The quantitative estimate of drug-likeness (QED) is 0.0640. The Balaban J connectivity index is 4.53. The summed E-state index contributed by atoms with van der Waals surface area (Å²) < 4.78 is 0. The topological polar surface area (TPSA) is 32.3 Å². The largest absolute Gasteiger partial charge is 0.356 e. The van der Waals surface area contributed by atoms with Gasteiger partial charge in [-0.1, -0.05) is 234 Å². The van der Waals surface area contributed by atoms with Crippen LogP contribution < -0.4 is 5.32 Å². The van der Waals surface area contributed by atoms with Crippen LogP contribution in [0.2, 0.25) is 0 Å². The van der Waals surface area contributed by atoms with Crippen molar-refractivity contribution in [2.75, 3.05) is 27.2 Å². The Morgan fingerprint density at radius 1 is 0.451 bits per heavy atom. The molecule has 0 radical (unpaired) electrons. The summed E-state index contributed by atoms with van der Waals surface area (Å²) >= 11 is 0. The molecule has 3 heteroatoms. The van der Waals surface area contributed by atoms with Crippen LogP contribution in [0, 0.1) is 29.6 Å². The van der Waals surface area contributed by atoms with Crippen molar-refractivity contribution in [3.63, 3.8) is 0 Å². The van der Waals surface area contributed by atoms with Crippen LogP contribution in [0.15, 0.2) is 0 Å². The van der Waals surface area contributed by atoms with Crippen molar-refractivity contribution in [3.8, 4) is 0 Å². The van der Waals surface area contributed by atoms with Crippen molar-refractivity contribution in [2.45, 2.75) is 247 Å². The first-order valence-corrected chi connectivity index (χ1v) is 23.7. The van der Waals surface area contributed by atoms with E-state index in [-0.39, 0.29) is 5.91 Å². The second-order valence-electron chi connectivity index (χ2n) is 17.8. The summed E-state index contributed by atoms with van der Waals surface area (Å²) in [7, 11) is 4.16. The SMILES string of the molecule is CCCCCCCCCCCCCCCCC(CCCCCCCCCCCCCCCC)C(C)C(C)C(C)C(C)CNC(=O)CCCN(C)C. The smallest absolute Gasteiger partial charge is 0.220 e. The predicted octanol–water partition coefficient (Wildman–Crippen LogP) is 15.3. The van der Waals surface area contributed by atoms with Crippen molar-refractivity contribution in [1.82, 2.24) is 10.2 Å². The van der Waals surface area contributed by atoms with Crippen LogP contribution in [0.3, 0.4) is 0 Å². The minimum Gasteiger partial charge on any atom is -0.356 e. The molecule has 1 amide bonds. The molecule has 51 heavy (non-hydrogen) atoms. The first kappa shape index (κ1) is 50.4. The average molecular weight is 719 g/mol. The maximum Gasteiger partial charge on any atom is 0.220 e. The number of amides is 1. The fourth-order valence-electron chi connectivity index (χ4n) is 8.40. The zero-order valence-corrected chi connectivity index (χ0v) is 36.8. The summed E-state index contributed by atoms with van der Waals surface area (Å²) in [6, 6.07) is 0. The molecular formula is C48H98N2O. The molecule has 4 atom stereocenters. The summed E-state index contributed by atoms with van der Waals surface area (Å²) in [5.74, 6) is 3.66. The highest BCUT2D eigenvalue weighted by Gasteiger charge is 2.29. The normalized spacial score (nSPS) is 14.3. The van der Waals surface area contributed by atoms with Crippen molar-refractivity contribution >= 4 is 5.91 Å². The van der Waals surface area contributed by atoms with Crippen molar-refractivity contribution in [1.29, 1.82) is 0 Å². The molecule has 0 heterocycles. The molecule has 306 valence electrons. The number of unbranched alkanes of at least 4 members (excludes halogenated alkanes) is 26. The Morgan fingerprint density at radius 2 is 0.784 bits per heavy atom. The first-order chi connectivity index (χ1) is 24.7. The van der Waals surface area contributed by atoms with Gasteiger partial charge in [0.25, 0.3) is 0 Å². The molecule has 3 nitrogen and oxygen atoms in total. The van der Waals surface area contributed by atoms with E-state index in [1.165, 1.54) is 193 Å². The van der Waals surface area contributed by atoms with Crippen LogP contribution >= 0.6 is 0 Å². The monoisotopic (exact) mass is 719 g/mol. The second-order valence-corrected chi connectivity index (χ2v) is 17.8. The van der Waals surface area contributed by atoms with E-state index in [1.54, 1.807) is 0 Å². The lowest BCUT2D eigenvalue weighted by atomic mass is 9.71. The minimum absolute atomic E-state index is 0.227. The first-order valence-electron chi connectivity index (χ1n) is 23.7. The second kappa shape index (κ2) is 37.7. The van der Waals surface area contributed by atoms with Gasteiger partial charge in [-0.3, -0.25) is 4.79 Å². The predicted molar refractivity (Wildman–Crippen MR) is 231 cm³/mol. The van der Waals surface area contributed by atoms with Crippen molar-refractivity contribution in [3.05, 3.63) is 0 Å². The van der Waals surface area contributed by atoms with E-state index in [0.29, 0.717) is 24.2 Å². The molecule has 0 aliphatic carbocycles. The van der Waals surface area contributed by atoms with Gasteiger partial charge in [0.05, 0.1) is 0 Å². The van der Waals surface area contributed by atoms with Crippen LogP contribution in [-0.2, 0) is 4.79 Å². The molecule has 0 fully saturated rings. The van der Waals surface area contributed by atoms with Gasteiger partial charge in [-0.05, 0) is 56.7 Å². The Labute approximate surface area is 323 Å². The molecule has 0 saturated heterocycles. The third-order valence-electron chi connectivity index (χ3n) is 12.8. The number of rotatable bonds is 40. The lowest BCUT2D eigenvalue weighted by molar-refractivity contribution is -0.121. The Kier molecular flexibility index (Phi) is 37.3. The fraction of sp³-hybridized carbons (Fsp3) is 0.979. The number of carbonyl (C=O) groups is 1. The number of hydrogen-bond donors (Lipinski definition) is 1. The zero-order valence-electron chi connectivity index (χ0n) is 36.8. The lowest BCUT2D eigenvalue weighted by Crippen LogP contribution is -2.35. The molecule has 0 aliphatic rings. The molecule has 0 bridgehead atoms. The van der Waals surface area contributed by atoms with Gasteiger partial charge in [0.2, 0.25) is 5.91 Å². The fourth-order valence-corrected chi connectivity index (χ4v) is 8.40. The molecule has 0 aromatic rings. The summed E-state index contributed by atoms with van der Waals surface area (Å²) in [5.41, 5.74) is 0. The average Bonchev–Trinajstić information content (AvgIpc) is 3.12. The molecule has 0 aromatic carbocycles. The van der Waals surface area contributed by atoms with Crippen molar-refractivity contribution < 1.29 is 4.79 Å². The highest BCUT2D eigenvalue weighted by atomic mass is 16.1. The number of nitrogens with zero attached hydrogens (tertiary/aromatic N) is 1. The van der Waals surface area contributed by atoms with E-state index in [1.807, 2.05) is 0 Å². The molecule has 4 unspecified atom stereocenters. The Morgan fingerprint density at radius 3 is 1.12 bits per heavy atom. The van der Waals surface area contributed by atoms with Gasteiger partial charge >= 0.3 is 0 Å². The van der Waals surface area contributed by atoms with E-state index in [4.69, 9.17) is 0 Å². The maximum absolute atomic E-state index is 12.5. The van der Waals surface area contributed by atoms with E-state index in [2.05, 4.69) is 65.9 Å². The standard InChI is InChI=1S/C48H98N2O/c1-9-11-13-15-17-19-21-23-25-27-29-31-33-35-38-47(39-36-34-32-30-28-26-24-22-20-18-16-14-12-10-2)46(6)45(5)44(4)43(3)42-49-48(51)40-37-41-50(7)8/h43-47H,9-42H2,1-8H3,(H,49,51). The van der Waals surface area contributed by atoms with E-state index < -0.39 is 0 Å². The molecule has 0 aromatic heterocycles. The minimum atomic E-state index is 0.227. The number of nitrogens with one attached hydrogen (secondary N) is 1. The van der Waals surface area contributed by atoms with E-state index in [0.717, 1.165) is 31.3 Å². The highest BCUT2D eigenvalue weighted by Crippen LogP contribution is 2.36. The third kappa shape index (κ3) is 32.6. The van der Waals surface area contributed by atoms with Gasteiger partial charge < -0.3 is 10.2 Å². The van der Waals surface area contributed by atoms with Crippen molar-refractivity contribution in [2.24, 2.45) is 29.6 Å². The summed E-state index contributed by atoms with van der Waals surface area (Å²) in [6.45, 7) is 16.3. The van der Waals surface area contributed by atoms with E-state index >= 15 is 0 Å². The van der Waals surface area contributed by atoms with Crippen LogP contribution in [-0.4, -0.2) is 38.0 Å². The van der Waals surface area contributed by atoms with Crippen LogP contribution in [0.4, 0.5) is 0 Å². The van der Waals surface area contributed by atoms with Crippen LogP contribution in [0.1, 0.15) is 247 Å². The molecule has 0 spiro atoms.